The number of ether oxygens (including phenoxy) is 3. The summed E-state index contributed by atoms with van der Waals surface area (Å²) in [5, 5.41) is 0. The van der Waals surface area contributed by atoms with Gasteiger partial charge in [-0.1, -0.05) is 176 Å². The Labute approximate surface area is 331 Å². The molecule has 0 aromatic rings. The van der Waals surface area contributed by atoms with Gasteiger partial charge in [0.2, 0.25) is 0 Å². The largest absolute Gasteiger partial charge is 0.462 e. The van der Waals surface area contributed by atoms with Crippen molar-refractivity contribution in [3.05, 3.63) is 85.1 Å². The first-order valence-electron chi connectivity index (χ1n) is 21.6. The Morgan fingerprint density at radius 1 is 0.389 bits per heavy atom. The Bertz CT molecular complexity index is 1090. The Kier molecular flexibility index (Phi) is 39.7. The molecular formula is C48H78O6. The predicted molar refractivity (Wildman–Crippen MR) is 228 cm³/mol. The molecule has 0 bridgehead atoms. The molecule has 0 aromatic heterocycles. The van der Waals surface area contributed by atoms with E-state index in [9.17, 15) is 14.4 Å². The molecule has 0 rings (SSSR count). The molecule has 0 fully saturated rings. The first-order valence-corrected chi connectivity index (χ1v) is 21.6. The molecule has 1 atom stereocenters. The van der Waals surface area contributed by atoms with Crippen molar-refractivity contribution >= 4 is 17.9 Å². The van der Waals surface area contributed by atoms with E-state index in [1.165, 1.54) is 32.1 Å². The van der Waals surface area contributed by atoms with Crippen molar-refractivity contribution in [1.29, 1.82) is 0 Å². The average molecular weight is 751 g/mol. The van der Waals surface area contributed by atoms with Crippen molar-refractivity contribution in [2.45, 2.75) is 187 Å². The number of unbranched alkanes of at least 4 members (excludes halogenated alkanes) is 12. The average Bonchev–Trinajstić information content (AvgIpc) is 3.17. The number of carbonyl (C=O) groups is 3. The summed E-state index contributed by atoms with van der Waals surface area (Å²) in [5.41, 5.74) is 0. The van der Waals surface area contributed by atoms with E-state index in [0.717, 1.165) is 103 Å². The number of esters is 3. The summed E-state index contributed by atoms with van der Waals surface area (Å²) in [6.07, 6.45) is 53.3. The standard InChI is InChI=1S/C48H78O6/c1-4-7-10-13-15-17-18-19-20-21-22-23-24-25-26-27-28-29-30-31-33-35-38-41-47(50)53-44-45(43-52-46(49)40-37-34-12-9-6-3)54-48(51)42-39-36-32-16-14-11-8-5-2/h7,10,15,17,19-20,22-23,25-26,28-29,31,33,45H,4-6,8-9,11-14,16,18,21,24,27,30,32,34-44H2,1-3H3/b10-7-,17-15-,20-19-,23-22-,26-25-,29-28-,33-31-. The molecule has 0 aromatic carbocycles. The van der Waals surface area contributed by atoms with Gasteiger partial charge in [0.1, 0.15) is 13.2 Å². The molecule has 0 radical (unpaired) electrons. The fourth-order valence-electron chi connectivity index (χ4n) is 5.43. The van der Waals surface area contributed by atoms with E-state index in [1.807, 2.05) is 0 Å². The van der Waals surface area contributed by atoms with Crippen LogP contribution in [0, 0.1) is 0 Å². The molecule has 0 amide bonds. The lowest BCUT2D eigenvalue weighted by atomic mass is 10.1. The van der Waals surface area contributed by atoms with Crippen LogP contribution < -0.4 is 0 Å². The van der Waals surface area contributed by atoms with Crippen molar-refractivity contribution in [3.63, 3.8) is 0 Å². The van der Waals surface area contributed by atoms with Crippen molar-refractivity contribution < 1.29 is 28.6 Å². The van der Waals surface area contributed by atoms with Crippen LogP contribution in [0.3, 0.4) is 0 Å². The van der Waals surface area contributed by atoms with Gasteiger partial charge in [-0.05, 0) is 70.6 Å². The van der Waals surface area contributed by atoms with Crippen LogP contribution in [0.1, 0.15) is 181 Å². The summed E-state index contributed by atoms with van der Waals surface area (Å²) >= 11 is 0. The van der Waals surface area contributed by atoms with E-state index >= 15 is 0 Å². The van der Waals surface area contributed by atoms with E-state index in [4.69, 9.17) is 14.2 Å². The van der Waals surface area contributed by atoms with Gasteiger partial charge in [0.25, 0.3) is 0 Å². The van der Waals surface area contributed by atoms with Gasteiger partial charge in [-0.25, -0.2) is 0 Å². The van der Waals surface area contributed by atoms with Gasteiger partial charge < -0.3 is 14.2 Å². The number of rotatable bonds is 37. The van der Waals surface area contributed by atoms with E-state index in [-0.39, 0.29) is 37.5 Å². The molecule has 0 aliphatic carbocycles. The van der Waals surface area contributed by atoms with Crippen molar-refractivity contribution in [1.82, 2.24) is 0 Å². The zero-order valence-electron chi connectivity index (χ0n) is 34.7. The van der Waals surface area contributed by atoms with Gasteiger partial charge >= 0.3 is 17.9 Å². The first-order chi connectivity index (χ1) is 26.5. The Morgan fingerprint density at radius 3 is 1.13 bits per heavy atom. The second-order valence-corrected chi connectivity index (χ2v) is 13.9. The topological polar surface area (TPSA) is 78.9 Å². The number of hydrogen-bond acceptors (Lipinski definition) is 6. The third-order valence-corrected chi connectivity index (χ3v) is 8.66. The highest BCUT2D eigenvalue weighted by Gasteiger charge is 2.19. The smallest absolute Gasteiger partial charge is 0.306 e. The van der Waals surface area contributed by atoms with Crippen LogP contribution in [0.5, 0.6) is 0 Å². The Balaban J connectivity index is 4.27. The highest BCUT2D eigenvalue weighted by molar-refractivity contribution is 5.71. The quantitative estimate of drug-likeness (QED) is 0.0272. The summed E-state index contributed by atoms with van der Waals surface area (Å²) in [4.78, 5) is 37.3. The maximum absolute atomic E-state index is 12.5. The van der Waals surface area contributed by atoms with E-state index < -0.39 is 6.10 Å². The molecule has 54 heavy (non-hydrogen) atoms. The zero-order valence-corrected chi connectivity index (χ0v) is 34.7. The SMILES string of the molecule is CC/C=C\C/C=C\C/C=C\C/C=C\C/C=C\C/C=C\C/C=C\CCCC(=O)OCC(COC(=O)CCCCCCC)OC(=O)CCCCCCCCCC. The van der Waals surface area contributed by atoms with Crippen LogP contribution in [-0.2, 0) is 28.6 Å². The fourth-order valence-corrected chi connectivity index (χ4v) is 5.43. The molecule has 0 aliphatic rings. The minimum atomic E-state index is -0.791. The van der Waals surface area contributed by atoms with Crippen LogP contribution in [0.2, 0.25) is 0 Å². The van der Waals surface area contributed by atoms with Gasteiger partial charge in [0.15, 0.2) is 6.10 Å². The lowest BCUT2D eigenvalue weighted by Gasteiger charge is -2.18. The molecule has 0 N–H and O–H groups in total. The summed E-state index contributed by atoms with van der Waals surface area (Å²) in [5.74, 6) is -0.987. The zero-order chi connectivity index (χ0) is 39.4. The van der Waals surface area contributed by atoms with E-state index in [2.05, 4.69) is 106 Å². The maximum atomic E-state index is 12.5. The minimum Gasteiger partial charge on any atom is -0.462 e. The van der Waals surface area contributed by atoms with Crippen LogP contribution >= 0.6 is 0 Å². The molecule has 6 heteroatoms. The lowest BCUT2D eigenvalue weighted by molar-refractivity contribution is -0.167. The third kappa shape index (κ3) is 39.8. The molecule has 306 valence electrons. The van der Waals surface area contributed by atoms with Crippen LogP contribution in [0.25, 0.3) is 0 Å². The fraction of sp³-hybridized carbons (Fsp3) is 0.646. The van der Waals surface area contributed by atoms with Crippen LogP contribution in [-0.4, -0.2) is 37.2 Å². The lowest BCUT2D eigenvalue weighted by Crippen LogP contribution is -2.30. The monoisotopic (exact) mass is 751 g/mol. The molecule has 0 heterocycles. The van der Waals surface area contributed by atoms with E-state index in [1.54, 1.807) is 0 Å². The van der Waals surface area contributed by atoms with Gasteiger partial charge in [-0.3, -0.25) is 14.4 Å². The van der Waals surface area contributed by atoms with Gasteiger partial charge in [-0.2, -0.15) is 0 Å². The number of hydrogen-bond donors (Lipinski definition) is 0. The maximum Gasteiger partial charge on any atom is 0.306 e. The van der Waals surface area contributed by atoms with Crippen molar-refractivity contribution in [2.24, 2.45) is 0 Å². The predicted octanol–water partition coefficient (Wildman–Crippen LogP) is 13.7. The molecular weight excluding hydrogens is 673 g/mol. The molecule has 0 spiro atoms. The normalized spacial score (nSPS) is 12.9. The van der Waals surface area contributed by atoms with Gasteiger partial charge in [0, 0.05) is 19.3 Å². The second-order valence-electron chi connectivity index (χ2n) is 13.9. The van der Waals surface area contributed by atoms with Crippen LogP contribution in [0.15, 0.2) is 85.1 Å². The summed E-state index contributed by atoms with van der Waals surface area (Å²) < 4.78 is 16.5. The summed E-state index contributed by atoms with van der Waals surface area (Å²) in [7, 11) is 0. The summed E-state index contributed by atoms with van der Waals surface area (Å²) in [6.45, 7) is 6.32. The molecule has 1 unspecified atom stereocenters. The second kappa shape index (κ2) is 42.3. The molecule has 6 nitrogen and oxygen atoms in total. The molecule has 0 aliphatic heterocycles. The highest BCUT2D eigenvalue weighted by Crippen LogP contribution is 2.12. The van der Waals surface area contributed by atoms with E-state index in [0.29, 0.717) is 19.3 Å². The minimum absolute atomic E-state index is 0.0957. The van der Waals surface area contributed by atoms with Crippen molar-refractivity contribution in [2.75, 3.05) is 13.2 Å². The first kappa shape index (κ1) is 50.6. The Morgan fingerprint density at radius 2 is 0.722 bits per heavy atom. The summed E-state index contributed by atoms with van der Waals surface area (Å²) in [6, 6.07) is 0. The third-order valence-electron chi connectivity index (χ3n) is 8.66. The molecule has 0 saturated heterocycles. The highest BCUT2D eigenvalue weighted by atomic mass is 16.6. The molecule has 0 saturated carbocycles. The van der Waals surface area contributed by atoms with Crippen molar-refractivity contribution in [3.8, 4) is 0 Å². The number of carbonyl (C=O) groups excluding carboxylic acids is 3. The number of allylic oxidation sites excluding steroid dienone is 14. The van der Waals surface area contributed by atoms with Gasteiger partial charge in [0.05, 0.1) is 0 Å². The Hall–Kier alpha value is -3.41. The van der Waals surface area contributed by atoms with Gasteiger partial charge in [-0.15, -0.1) is 0 Å². The van der Waals surface area contributed by atoms with Crippen LogP contribution in [0.4, 0.5) is 0 Å².